The van der Waals surface area contributed by atoms with Gasteiger partial charge in [-0.25, -0.2) is 0 Å². The summed E-state index contributed by atoms with van der Waals surface area (Å²) in [7, 11) is 0. The number of hydrogen-bond acceptors (Lipinski definition) is 3. The SMILES string of the molecule is c1cc(-c2ccncc2)cc(-c2ccn(CC3CCCCO3)n2)c1. The molecule has 24 heavy (non-hydrogen) atoms. The van der Waals surface area contributed by atoms with Crippen LogP contribution < -0.4 is 0 Å². The highest BCUT2D eigenvalue weighted by Crippen LogP contribution is 2.25. The molecule has 0 radical (unpaired) electrons. The van der Waals surface area contributed by atoms with Crippen LogP contribution in [0.4, 0.5) is 0 Å². The van der Waals surface area contributed by atoms with E-state index in [1.54, 1.807) is 0 Å². The molecule has 3 aromatic rings. The van der Waals surface area contributed by atoms with Crippen LogP contribution in [-0.2, 0) is 11.3 Å². The van der Waals surface area contributed by atoms with Crippen molar-refractivity contribution in [2.24, 2.45) is 0 Å². The predicted molar refractivity (Wildman–Crippen MR) is 94.5 cm³/mol. The second kappa shape index (κ2) is 6.97. The highest BCUT2D eigenvalue weighted by atomic mass is 16.5. The summed E-state index contributed by atoms with van der Waals surface area (Å²) in [5.41, 5.74) is 4.48. The lowest BCUT2D eigenvalue weighted by Crippen LogP contribution is -2.24. The van der Waals surface area contributed by atoms with Gasteiger partial charge in [0.25, 0.3) is 0 Å². The van der Waals surface area contributed by atoms with E-state index in [0.717, 1.165) is 30.8 Å². The smallest absolute Gasteiger partial charge is 0.0923 e. The Morgan fingerprint density at radius 3 is 2.71 bits per heavy atom. The van der Waals surface area contributed by atoms with Gasteiger partial charge in [-0.15, -0.1) is 0 Å². The largest absolute Gasteiger partial charge is 0.376 e. The van der Waals surface area contributed by atoms with Crippen molar-refractivity contribution in [3.63, 3.8) is 0 Å². The summed E-state index contributed by atoms with van der Waals surface area (Å²) in [6.07, 6.45) is 9.56. The fourth-order valence-corrected chi connectivity index (χ4v) is 3.18. The zero-order valence-corrected chi connectivity index (χ0v) is 13.6. The Bertz CT molecular complexity index is 791. The van der Waals surface area contributed by atoms with Gasteiger partial charge < -0.3 is 4.74 Å². The van der Waals surface area contributed by atoms with Gasteiger partial charge in [0, 0.05) is 30.8 Å². The Balaban J connectivity index is 1.54. The standard InChI is InChI=1S/C20H21N3O/c1-2-13-24-19(6-1)15-23-12-9-20(22-23)18-5-3-4-17(14-18)16-7-10-21-11-8-16/h3-5,7-12,14,19H,1-2,6,13,15H2. The molecule has 1 fully saturated rings. The van der Waals surface area contributed by atoms with E-state index >= 15 is 0 Å². The highest BCUT2D eigenvalue weighted by Gasteiger charge is 2.15. The molecule has 1 aliphatic rings. The number of rotatable bonds is 4. The average Bonchev–Trinajstić information content (AvgIpc) is 3.12. The molecule has 0 spiro atoms. The number of ether oxygens (including phenoxy) is 1. The number of pyridine rings is 1. The molecule has 4 nitrogen and oxygen atoms in total. The molecule has 4 rings (SSSR count). The molecule has 0 bridgehead atoms. The van der Waals surface area contributed by atoms with E-state index in [4.69, 9.17) is 9.84 Å². The van der Waals surface area contributed by atoms with E-state index < -0.39 is 0 Å². The first-order chi connectivity index (χ1) is 11.9. The van der Waals surface area contributed by atoms with Crippen LogP contribution in [0.5, 0.6) is 0 Å². The van der Waals surface area contributed by atoms with Crippen LogP contribution in [0.15, 0.2) is 61.1 Å². The van der Waals surface area contributed by atoms with Crippen LogP contribution in [0, 0.1) is 0 Å². The first kappa shape index (κ1) is 15.1. The van der Waals surface area contributed by atoms with Crippen molar-refractivity contribution in [2.75, 3.05) is 6.61 Å². The zero-order valence-electron chi connectivity index (χ0n) is 13.6. The molecule has 4 heteroatoms. The van der Waals surface area contributed by atoms with E-state index in [1.807, 2.05) is 35.4 Å². The lowest BCUT2D eigenvalue weighted by molar-refractivity contribution is 0.00403. The second-order valence-corrected chi connectivity index (χ2v) is 6.23. The first-order valence-electron chi connectivity index (χ1n) is 8.54. The van der Waals surface area contributed by atoms with Crippen LogP contribution in [0.1, 0.15) is 19.3 Å². The fraction of sp³-hybridized carbons (Fsp3) is 0.300. The molecule has 1 atom stereocenters. The van der Waals surface area contributed by atoms with E-state index in [2.05, 4.69) is 35.3 Å². The normalized spacial score (nSPS) is 17.8. The highest BCUT2D eigenvalue weighted by molar-refractivity contribution is 5.70. The van der Waals surface area contributed by atoms with Crippen LogP contribution in [0.25, 0.3) is 22.4 Å². The van der Waals surface area contributed by atoms with Crippen molar-refractivity contribution >= 4 is 0 Å². The molecule has 1 aliphatic heterocycles. The van der Waals surface area contributed by atoms with Crippen LogP contribution >= 0.6 is 0 Å². The maximum absolute atomic E-state index is 5.81. The summed E-state index contributed by atoms with van der Waals surface area (Å²) >= 11 is 0. The summed E-state index contributed by atoms with van der Waals surface area (Å²) in [5, 5.41) is 4.73. The maximum Gasteiger partial charge on any atom is 0.0923 e. The average molecular weight is 319 g/mol. The van der Waals surface area contributed by atoms with Gasteiger partial charge in [-0.3, -0.25) is 9.67 Å². The van der Waals surface area contributed by atoms with Gasteiger partial charge in [-0.2, -0.15) is 5.10 Å². The summed E-state index contributed by atoms with van der Waals surface area (Å²) in [5.74, 6) is 0. The number of aromatic nitrogens is 3. The molecule has 1 saturated heterocycles. The Morgan fingerprint density at radius 2 is 1.88 bits per heavy atom. The van der Waals surface area contributed by atoms with Gasteiger partial charge in [0.15, 0.2) is 0 Å². The van der Waals surface area contributed by atoms with Gasteiger partial charge in [0.05, 0.1) is 18.3 Å². The van der Waals surface area contributed by atoms with Crippen molar-refractivity contribution in [1.82, 2.24) is 14.8 Å². The van der Waals surface area contributed by atoms with Crippen molar-refractivity contribution in [3.05, 3.63) is 61.1 Å². The number of benzene rings is 1. The Hall–Kier alpha value is -2.46. The van der Waals surface area contributed by atoms with Crippen LogP contribution in [0.3, 0.4) is 0 Å². The molecule has 0 saturated carbocycles. The number of hydrogen-bond donors (Lipinski definition) is 0. The Kier molecular flexibility index (Phi) is 4.38. The lowest BCUT2D eigenvalue weighted by Gasteiger charge is -2.22. The first-order valence-corrected chi connectivity index (χ1v) is 8.54. The molecule has 122 valence electrons. The fourth-order valence-electron chi connectivity index (χ4n) is 3.18. The minimum atomic E-state index is 0.301. The third kappa shape index (κ3) is 3.39. The summed E-state index contributed by atoms with van der Waals surface area (Å²) in [6.45, 7) is 1.72. The minimum absolute atomic E-state index is 0.301. The van der Waals surface area contributed by atoms with Crippen LogP contribution in [-0.4, -0.2) is 27.5 Å². The van der Waals surface area contributed by atoms with Gasteiger partial charge >= 0.3 is 0 Å². The van der Waals surface area contributed by atoms with Gasteiger partial charge in [0.2, 0.25) is 0 Å². The summed E-state index contributed by atoms with van der Waals surface area (Å²) in [6, 6.07) is 14.6. The molecule has 0 amide bonds. The Morgan fingerprint density at radius 1 is 1.00 bits per heavy atom. The third-order valence-electron chi connectivity index (χ3n) is 4.48. The van der Waals surface area contributed by atoms with Crippen molar-refractivity contribution in [2.45, 2.75) is 31.9 Å². The molecular weight excluding hydrogens is 298 g/mol. The molecule has 2 aromatic heterocycles. The quantitative estimate of drug-likeness (QED) is 0.724. The van der Waals surface area contributed by atoms with E-state index in [-0.39, 0.29) is 0 Å². The van der Waals surface area contributed by atoms with Crippen molar-refractivity contribution in [3.8, 4) is 22.4 Å². The lowest BCUT2D eigenvalue weighted by atomic mass is 10.0. The molecule has 1 aromatic carbocycles. The Labute approximate surface area is 142 Å². The maximum atomic E-state index is 5.81. The minimum Gasteiger partial charge on any atom is -0.376 e. The summed E-state index contributed by atoms with van der Waals surface area (Å²) < 4.78 is 7.81. The van der Waals surface area contributed by atoms with Gasteiger partial charge in [-0.05, 0) is 54.7 Å². The van der Waals surface area contributed by atoms with Gasteiger partial charge in [0.1, 0.15) is 0 Å². The third-order valence-corrected chi connectivity index (χ3v) is 4.48. The van der Waals surface area contributed by atoms with E-state index in [9.17, 15) is 0 Å². The van der Waals surface area contributed by atoms with E-state index in [0.29, 0.717) is 6.10 Å². The molecule has 0 N–H and O–H groups in total. The van der Waals surface area contributed by atoms with Crippen molar-refractivity contribution in [1.29, 1.82) is 0 Å². The van der Waals surface area contributed by atoms with Crippen molar-refractivity contribution < 1.29 is 4.74 Å². The van der Waals surface area contributed by atoms with E-state index in [1.165, 1.54) is 24.0 Å². The predicted octanol–water partition coefficient (Wildman–Crippen LogP) is 4.18. The zero-order chi connectivity index (χ0) is 16.2. The molecule has 1 unspecified atom stereocenters. The topological polar surface area (TPSA) is 39.9 Å². The molecule has 3 heterocycles. The molecular formula is C20H21N3O. The number of nitrogens with zero attached hydrogens (tertiary/aromatic N) is 3. The summed E-state index contributed by atoms with van der Waals surface area (Å²) in [4.78, 5) is 4.08. The van der Waals surface area contributed by atoms with Gasteiger partial charge in [-0.1, -0.05) is 18.2 Å². The molecule has 0 aliphatic carbocycles. The monoisotopic (exact) mass is 319 g/mol. The second-order valence-electron chi connectivity index (χ2n) is 6.23. The van der Waals surface area contributed by atoms with Crippen LogP contribution in [0.2, 0.25) is 0 Å².